The number of hydrogen-bond donors (Lipinski definition) is 1. The standard InChI is InChI=1S/C19H29N3/c1-14-15(2)20-19-16(7-5-9-18(14)19)13-22-11-6-8-17(10-12-22)21(3)4/h5,7,9,17,20H,6,8,10-13H2,1-4H3/t17-/m1/s1. The number of likely N-dealkylation sites (tertiary alicyclic amines) is 1. The van der Waals surface area contributed by atoms with E-state index in [2.05, 4.69) is 60.9 Å². The number of nitrogens with zero attached hydrogens (tertiary/aromatic N) is 2. The highest BCUT2D eigenvalue weighted by atomic mass is 15.2. The number of aryl methyl sites for hydroxylation is 2. The average molecular weight is 299 g/mol. The lowest BCUT2D eigenvalue weighted by Gasteiger charge is -2.23. The number of hydrogen-bond acceptors (Lipinski definition) is 2. The Bertz CT molecular complexity index is 641. The second kappa shape index (κ2) is 6.43. The van der Waals surface area contributed by atoms with Crippen molar-refractivity contribution in [3.05, 3.63) is 35.0 Å². The van der Waals surface area contributed by atoms with Gasteiger partial charge in [0.15, 0.2) is 0 Å². The summed E-state index contributed by atoms with van der Waals surface area (Å²) in [5, 5.41) is 1.39. The van der Waals surface area contributed by atoms with E-state index in [-0.39, 0.29) is 0 Å². The third kappa shape index (κ3) is 3.06. The monoisotopic (exact) mass is 299 g/mol. The van der Waals surface area contributed by atoms with Gasteiger partial charge in [0, 0.05) is 23.7 Å². The first-order chi connectivity index (χ1) is 10.6. The summed E-state index contributed by atoms with van der Waals surface area (Å²) in [6.45, 7) is 7.88. The summed E-state index contributed by atoms with van der Waals surface area (Å²) in [6.07, 6.45) is 3.92. The lowest BCUT2D eigenvalue weighted by atomic mass is 10.1. The zero-order chi connectivity index (χ0) is 15.7. The zero-order valence-electron chi connectivity index (χ0n) is 14.4. The minimum atomic E-state index is 0.746. The number of aromatic nitrogens is 1. The minimum absolute atomic E-state index is 0.746. The first-order valence-electron chi connectivity index (χ1n) is 8.52. The topological polar surface area (TPSA) is 22.3 Å². The van der Waals surface area contributed by atoms with Crippen molar-refractivity contribution in [1.82, 2.24) is 14.8 Å². The van der Waals surface area contributed by atoms with Gasteiger partial charge in [-0.2, -0.15) is 0 Å². The summed E-state index contributed by atoms with van der Waals surface area (Å²) in [7, 11) is 4.43. The van der Waals surface area contributed by atoms with Crippen LogP contribution in [0.1, 0.15) is 36.1 Å². The van der Waals surface area contributed by atoms with Crippen LogP contribution in [0.3, 0.4) is 0 Å². The van der Waals surface area contributed by atoms with Gasteiger partial charge in [-0.25, -0.2) is 0 Å². The van der Waals surface area contributed by atoms with E-state index in [1.807, 2.05) is 0 Å². The molecule has 2 aromatic rings. The molecule has 0 spiro atoms. The molecule has 1 aromatic carbocycles. The largest absolute Gasteiger partial charge is 0.358 e. The molecule has 1 saturated heterocycles. The fourth-order valence-corrected chi connectivity index (χ4v) is 3.73. The van der Waals surface area contributed by atoms with E-state index in [1.54, 1.807) is 0 Å². The van der Waals surface area contributed by atoms with Gasteiger partial charge >= 0.3 is 0 Å². The molecule has 0 saturated carbocycles. The predicted octanol–water partition coefficient (Wildman–Crippen LogP) is 3.70. The van der Waals surface area contributed by atoms with Gasteiger partial charge in [-0.05, 0) is 71.4 Å². The molecule has 1 N–H and O–H groups in total. The molecule has 0 amide bonds. The van der Waals surface area contributed by atoms with Crippen LogP contribution in [0.15, 0.2) is 18.2 Å². The Kier molecular flexibility index (Phi) is 4.55. The van der Waals surface area contributed by atoms with Gasteiger partial charge in [0.25, 0.3) is 0 Å². The lowest BCUT2D eigenvalue weighted by molar-refractivity contribution is 0.246. The number of para-hydroxylation sites is 1. The minimum Gasteiger partial charge on any atom is -0.358 e. The fraction of sp³-hybridized carbons (Fsp3) is 0.579. The Morgan fingerprint density at radius 1 is 1.18 bits per heavy atom. The van der Waals surface area contributed by atoms with E-state index < -0.39 is 0 Å². The van der Waals surface area contributed by atoms with Crippen LogP contribution in [0.5, 0.6) is 0 Å². The summed E-state index contributed by atoms with van der Waals surface area (Å²) >= 11 is 0. The lowest BCUT2D eigenvalue weighted by Crippen LogP contribution is -2.30. The van der Waals surface area contributed by atoms with Crippen LogP contribution in [0.2, 0.25) is 0 Å². The SMILES string of the molecule is Cc1[nH]c2c(CN3CCC[C@@H](N(C)C)CC3)cccc2c1C. The van der Waals surface area contributed by atoms with Gasteiger partial charge in [-0.1, -0.05) is 18.2 Å². The van der Waals surface area contributed by atoms with Crippen molar-refractivity contribution in [2.75, 3.05) is 27.2 Å². The van der Waals surface area contributed by atoms with Crippen molar-refractivity contribution in [3.63, 3.8) is 0 Å². The highest BCUT2D eigenvalue weighted by Crippen LogP contribution is 2.26. The Morgan fingerprint density at radius 3 is 2.77 bits per heavy atom. The van der Waals surface area contributed by atoms with Crippen LogP contribution in [-0.4, -0.2) is 48.0 Å². The summed E-state index contributed by atoms with van der Waals surface area (Å²) < 4.78 is 0. The van der Waals surface area contributed by atoms with E-state index in [0.717, 1.165) is 12.6 Å². The normalized spacial score (nSPS) is 20.7. The number of nitrogens with one attached hydrogen (secondary N) is 1. The van der Waals surface area contributed by atoms with Crippen LogP contribution < -0.4 is 0 Å². The van der Waals surface area contributed by atoms with E-state index in [4.69, 9.17) is 0 Å². The molecule has 0 unspecified atom stereocenters. The van der Waals surface area contributed by atoms with Gasteiger partial charge in [0.05, 0.1) is 5.52 Å². The molecule has 1 atom stereocenters. The van der Waals surface area contributed by atoms with Crippen molar-refractivity contribution in [3.8, 4) is 0 Å². The van der Waals surface area contributed by atoms with Crippen LogP contribution in [0.4, 0.5) is 0 Å². The third-order valence-corrected chi connectivity index (χ3v) is 5.34. The molecule has 3 nitrogen and oxygen atoms in total. The van der Waals surface area contributed by atoms with Crippen molar-refractivity contribution in [2.24, 2.45) is 0 Å². The third-order valence-electron chi connectivity index (χ3n) is 5.34. The highest BCUT2D eigenvalue weighted by molar-refractivity contribution is 5.87. The van der Waals surface area contributed by atoms with Crippen molar-refractivity contribution in [1.29, 1.82) is 0 Å². The Hall–Kier alpha value is -1.32. The summed E-state index contributed by atoms with van der Waals surface area (Å²) in [5.41, 5.74) is 5.47. The molecule has 0 aliphatic carbocycles. The van der Waals surface area contributed by atoms with Gasteiger partial charge in [0.2, 0.25) is 0 Å². The van der Waals surface area contributed by atoms with Gasteiger partial charge in [-0.15, -0.1) is 0 Å². The molecule has 1 fully saturated rings. The quantitative estimate of drug-likeness (QED) is 0.933. The molecular weight excluding hydrogens is 270 g/mol. The molecule has 22 heavy (non-hydrogen) atoms. The molecular formula is C19H29N3. The maximum absolute atomic E-state index is 3.59. The Morgan fingerprint density at radius 2 is 2.00 bits per heavy atom. The molecule has 120 valence electrons. The molecule has 1 aliphatic rings. The summed E-state index contributed by atoms with van der Waals surface area (Å²) in [4.78, 5) is 8.61. The van der Waals surface area contributed by atoms with Gasteiger partial charge < -0.3 is 9.88 Å². The van der Waals surface area contributed by atoms with Crippen molar-refractivity contribution >= 4 is 10.9 Å². The Labute approximate surface area is 134 Å². The second-order valence-corrected chi connectivity index (χ2v) is 7.04. The first-order valence-corrected chi connectivity index (χ1v) is 8.52. The molecule has 1 aliphatic heterocycles. The number of H-pyrrole nitrogens is 1. The van der Waals surface area contributed by atoms with Crippen molar-refractivity contribution < 1.29 is 0 Å². The smallest absolute Gasteiger partial charge is 0.0504 e. The van der Waals surface area contributed by atoms with Crippen molar-refractivity contribution in [2.45, 2.75) is 45.7 Å². The number of benzene rings is 1. The summed E-state index contributed by atoms with van der Waals surface area (Å²) in [5.74, 6) is 0. The molecule has 3 rings (SSSR count). The predicted molar refractivity (Wildman–Crippen MR) is 94.4 cm³/mol. The number of fused-ring (bicyclic) bond motifs is 1. The molecule has 0 radical (unpaired) electrons. The van der Waals surface area contributed by atoms with E-state index in [1.165, 1.54) is 60.1 Å². The molecule has 2 heterocycles. The molecule has 1 aromatic heterocycles. The van der Waals surface area contributed by atoms with E-state index >= 15 is 0 Å². The van der Waals surface area contributed by atoms with Gasteiger partial charge in [0.1, 0.15) is 0 Å². The number of rotatable bonds is 3. The first kappa shape index (κ1) is 15.6. The average Bonchev–Trinajstić information content (AvgIpc) is 2.67. The Balaban J connectivity index is 1.77. The maximum Gasteiger partial charge on any atom is 0.0504 e. The van der Waals surface area contributed by atoms with Crippen LogP contribution in [-0.2, 0) is 6.54 Å². The van der Waals surface area contributed by atoms with Crippen LogP contribution in [0.25, 0.3) is 10.9 Å². The van der Waals surface area contributed by atoms with Crippen LogP contribution >= 0.6 is 0 Å². The molecule has 3 heteroatoms. The number of aromatic amines is 1. The maximum atomic E-state index is 3.59. The fourth-order valence-electron chi connectivity index (χ4n) is 3.73. The second-order valence-electron chi connectivity index (χ2n) is 7.04. The van der Waals surface area contributed by atoms with E-state index in [0.29, 0.717) is 0 Å². The summed E-state index contributed by atoms with van der Waals surface area (Å²) in [6, 6.07) is 7.47. The zero-order valence-corrected chi connectivity index (χ0v) is 14.4. The highest BCUT2D eigenvalue weighted by Gasteiger charge is 2.19. The molecule has 0 bridgehead atoms. The van der Waals surface area contributed by atoms with E-state index in [9.17, 15) is 0 Å². The van der Waals surface area contributed by atoms with Crippen LogP contribution in [0, 0.1) is 13.8 Å². The van der Waals surface area contributed by atoms with Gasteiger partial charge in [-0.3, -0.25) is 4.90 Å².